The van der Waals surface area contributed by atoms with Gasteiger partial charge in [-0.2, -0.15) is 5.10 Å². The molecule has 0 aliphatic carbocycles. The van der Waals surface area contributed by atoms with E-state index in [4.69, 9.17) is 11.6 Å². The lowest BCUT2D eigenvalue weighted by atomic mass is 10.1. The fourth-order valence-corrected chi connectivity index (χ4v) is 2.12. The third-order valence-corrected chi connectivity index (χ3v) is 3.23. The molecule has 2 aromatic rings. The number of nitrogens with zero attached hydrogens (tertiary/aromatic N) is 1. The molecule has 21 heavy (non-hydrogen) atoms. The lowest BCUT2D eigenvalue weighted by molar-refractivity contribution is 0.0955. The highest BCUT2D eigenvalue weighted by Crippen LogP contribution is 2.18. The molecule has 0 aliphatic heterocycles. The fourth-order valence-electron chi connectivity index (χ4n) is 1.80. The smallest absolute Gasteiger partial charge is 0.272 e. The number of phenolic OH excluding ortho intramolecular Hbond substituents is 1. The zero-order chi connectivity index (χ0) is 15.4. The minimum Gasteiger partial charge on any atom is -0.507 e. The van der Waals surface area contributed by atoms with Crippen molar-refractivity contribution in [1.82, 2.24) is 5.43 Å². The van der Waals surface area contributed by atoms with Gasteiger partial charge in [0.1, 0.15) is 5.75 Å². The number of hydrogen-bond acceptors (Lipinski definition) is 3. The van der Waals surface area contributed by atoms with Gasteiger partial charge in [-0.05, 0) is 43.7 Å². The van der Waals surface area contributed by atoms with Gasteiger partial charge < -0.3 is 5.11 Å². The molecule has 0 aliphatic rings. The number of carbonyl (C=O) groups is 1. The van der Waals surface area contributed by atoms with Crippen LogP contribution in [0.1, 0.15) is 27.0 Å². The maximum atomic E-state index is 11.9. The van der Waals surface area contributed by atoms with Crippen molar-refractivity contribution in [3.05, 3.63) is 63.7 Å². The molecule has 108 valence electrons. The first kappa shape index (κ1) is 15.1. The number of carbonyl (C=O) groups excluding carboxylic acids is 1. The van der Waals surface area contributed by atoms with Crippen LogP contribution in [0.5, 0.6) is 5.75 Å². The summed E-state index contributed by atoms with van der Waals surface area (Å²) in [5, 5.41) is 13.9. The Hall–Kier alpha value is -2.33. The monoisotopic (exact) mass is 302 g/mol. The standard InChI is InChI=1S/C16H15ClN2O2/c1-10-4-6-15(20)12(7-10)9-18-19-16(21)13-5-3-11(2)8-14(13)17/h3-9,20H,1-2H3,(H,19,21)/b18-9+. The molecule has 5 heteroatoms. The van der Waals surface area contributed by atoms with E-state index in [2.05, 4.69) is 10.5 Å². The Labute approximate surface area is 128 Å². The van der Waals surface area contributed by atoms with E-state index in [9.17, 15) is 9.90 Å². The topological polar surface area (TPSA) is 61.7 Å². The Balaban J connectivity index is 2.10. The molecular formula is C16H15ClN2O2. The van der Waals surface area contributed by atoms with Gasteiger partial charge >= 0.3 is 0 Å². The predicted octanol–water partition coefficient (Wildman–Crippen LogP) is 3.43. The molecule has 2 aromatic carbocycles. The average molecular weight is 303 g/mol. The molecular weight excluding hydrogens is 288 g/mol. The first-order chi connectivity index (χ1) is 9.97. The number of phenols is 1. The number of aromatic hydroxyl groups is 1. The lowest BCUT2D eigenvalue weighted by Gasteiger charge is -2.04. The molecule has 1 amide bonds. The number of hydrogen-bond donors (Lipinski definition) is 2. The van der Waals surface area contributed by atoms with Gasteiger partial charge in [0.05, 0.1) is 16.8 Å². The maximum Gasteiger partial charge on any atom is 0.272 e. The summed E-state index contributed by atoms with van der Waals surface area (Å²) in [7, 11) is 0. The number of nitrogens with one attached hydrogen (secondary N) is 1. The van der Waals surface area contributed by atoms with Gasteiger partial charge in [-0.3, -0.25) is 4.79 Å². The van der Waals surface area contributed by atoms with Crippen LogP contribution in [0.15, 0.2) is 41.5 Å². The van der Waals surface area contributed by atoms with Crippen LogP contribution in [0.25, 0.3) is 0 Å². The van der Waals surface area contributed by atoms with Crippen LogP contribution in [0, 0.1) is 13.8 Å². The average Bonchev–Trinajstić information content (AvgIpc) is 2.42. The molecule has 0 unspecified atom stereocenters. The summed E-state index contributed by atoms with van der Waals surface area (Å²) in [6.45, 7) is 3.80. The summed E-state index contributed by atoms with van der Waals surface area (Å²) >= 11 is 6.01. The molecule has 0 saturated heterocycles. The molecule has 0 heterocycles. The van der Waals surface area contributed by atoms with Crippen molar-refractivity contribution in [2.75, 3.05) is 0 Å². The van der Waals surface area contributed by atoms with Crippen LogP contribution in [-0.2, 0) is 0 Å². The minimum atomic E-state index is -0.400. The number of aryl methyl sites for hydroxylation is 2. The molecule has 0 radical (unpaired) electrons. The Morgan fingerprint density at radius 1 is 1.19 bits per heavy atom. The Morgan fingerprint density at radius 3 is 2.57 bits per heavy atom. The van der Waals surface area contributed by atoms with E-state index in [1.54, 1.807) is 36.4 Å². The van der Waals surface area contributed by atoms with Gasteiger partial charge in [-0.25, -0.2) is 5.43 Å². The summed E-state index contributed by atoms with van der Waals surface area (Å²) in [5.74, 6) is -0.296. The molecule has 2 N–H and O–H groups in total. The van der Waals surface area contributed by atoms with E-state index < -0.39 is 5.91 Å². The SMILES string of the molecule is Cc1ccc(C(=O)N/N=C/c2cc(C)ccc2O)c(Cl)c1. The Bertz CT molecular complexity index is 711. The number of amides is 1. The Kier molecular flexibility index (Phi) is 4.60. The molecule has 4 nitrogen and oxygen atoms in total. The van der Waals surface area contributed by atoms with Crippen molar-refractivity contribution in [2.24, 2.45) is 5.10 Å². The second kappa shape index (κ2) is 6.41. The first-order valence-corrected chi connectivity index (χ1v) is 6.74. The molecule has 0 bridgehead atoms. The van der Waals surface area contributed by atoms with Gasteiger partial charge in [0.25, 0.3) is 5.91 Å². The van der Waals surface area contributed by atoms with Gasteiger partial charge in [-0.1, -0.05) is 29.3 Å². The summed E-state index contributed by atoms with van der Waals surface area (Å²) in [6.07, 6.45) is 1.39. The fraction of sp³-hybridized carbons (Fsp3) is 0.125. The highest BCUT2D eigenvalue weighted by Gasteiger charge is 2.09. The third kappa shape index (κ3) is 3.83. The van der Waals surface area contributed by atoms with E-state index in [1.165, 1.54) is 6.21 Å². The quantitative estimate of drug-likeness (QED) is 0.674. The van der Waals surface area contributed by atoms with E-state index in [0.717, 1.165) is 11.1 Å². The number of halogens is 1. The second-order valence-electron chi connectivity index (χ2n) is 4.74. The van der Waals surface area contributed by atoms with Crippen LogP contribution in [0.4, 0.5) is 0 Å². The third-order valence-electron chi connectivity index (χ3n) is 2.92. The largest absolute Gasteiger partial charge is 0.507 e. The maximum absolute atomic E-state index is 11.9. The summed E-state index contributed by atoms with van der Waals surface area (Å²) in [4.78, 5) is 11.9. The Morgan fingerprint density at radius 2 is 1.86 bits per heavy atom. The van der Waals surface area contributed by atoms with E-state index >= 15 is 0 Å². The zero-order valence-electron chi connectivity index (χ0n) is 11.7. The van der Waals surface area contributed by atoms with Crippen LogP contribution in [0.3, 0.4) is 0 Å². The molecule has 2 rings (SSSR count). The molecule has 0 saturated carbocycles. The predicted molar refractivity (Wildman–Crippen MR) is 84.1 cm³/mol. The van der Waals surface area contributed by atoms with E-state index in [0.29, 0.717) is 16.1 Å². The molecule has 0 aromatic heterocycles. The highest BCUT2D eigenvalue weighted by atomic mass is 35.5. The number of hydrazone groups is 1. The lowest BCUT2D eigenvalue weighted by Crippen LogP contribution is -2.18. The summed E-state index contributed by atoms with van der Waals surface area (Å²) in [5.41, 5.74) is 5.24. The summed E-state index contributed by atoms with van der Waals surface area (Å²) in [6, 6.07) is 10.3. The minimum absolute atomic E-state index is 0.104. The van der Waals surface area contributed by atoms with Gasteiger partial charge in [-0.15, -0.1) is 0 Å². The van der Waals surface area contributed by atoms with Crippen LogP contribution in [-0.4, -0.2) is 17.2 Å². The van der Waals surface area contributed by atoms with Crippen LogP contribution < -0.4 is 5.43 Å². The van der Waals surface area contributed by atoms with E-state index in [1.807, 2.05) is 13.8 Å². The molecule has 0 atom stereocenters. The molecule has 0 spiro atoms. The van der Waals surface area contributed by atoms with Crippen LogP contribution in [0.2, 0.25) is 5.02 Å². The zero-order valence-corrected chi connectivity index (χ0v) is 12.5. The van der Waals surface area contributed by atoms with E-state index in [-0.39, 0.29) is 5.75 Å². The normalized spacial score (nSPS) is 10.8. The van der Waals surface area contributed by atoms with Gasteiger partial charge in [0.2, 0.25) is 0 Å². The number of rotatable bonds is 3. The van der Waals surface area contributed by atoms with Gasteiger partial charge in [0, 0.05) is 5.56 Å². The number of benzene rings is 2. The first-order valence-electron chi connectivity index (χ1n) is 6.36. The van der Waals surface area contributed by atoms with Crippen molar-refractivity contribution in [2.45, 2.75) is 13.8 Å². The second-order valence-corrected chi connectivity index (χ2v) is 5.15. The highest BCUT2D eigenvalue weighted by molar-refractivity contribution is 6.33. The van der Waals surface area contributed by atoms with Crippen molar-refractivity contribution < 1.29 is 9.90 Å². The van der Waals surface area contributed by atoms with Crippen molar-refractivity contribution in [1.29, 1.82) is 0 Å². The van der Waals surface area contributed by atoms with Gasteiger partial charge in [0.15, 0.2) is 0 Å². The van der Waals surface area contributed by atoms with Crippen molar-refractivity contribution in [3.63, 3.8) is 0 Å². The van der Waals surface area contributed by atoms with Crippen molar-refractivity contribution >= 4 is 23.7 Å². The molecule has 0 fully saturated rings. The van der Waals surface area contributed by atoms with Crippen molar-refractivity contribution in [3.8, 4) is 5.75 Å². The van der Waals surface area contributed by atoms with Crippen LogP contribution >= 0.6 is 11.6 Å². The summed E-state index contributed by atoms with van der Waals surface area (Å²) < 4.78 is 0.